The second kappa shape index (κ2) is 7.05. The van der Waals surface area contributed by atoms with Gasteiger partial charge in [0.05, 0.1) is 11.8 Å². The third kappa shape index (κ3) is 3.34. The molecule has 6 nitrogen and oxygen atoms in total. The molecule has 0 fully saturated rings. The van der Waals surface area contributed by atoms with Crippen LogP contribution in [0.15, 0.2) is 56.3 Å². The lowest BCUT2D eigenvalue weighted by Crippen LogP contribution is -2.23. The maximum atomic E-state index is 13.4. The lowest BCUT2D eigenvalue weighted by molar-refractivity contribution is 0.313. The predicted octanol–water partition coefficient (Wildman–Crippen LogP) is 3.22. The van der Waals surface area contributed by atoms with Crippen LogP contribution in [-0.2, 0) is 6.42 Å². The molecule has 2 aromatic heterocycles. The molecular formula is C19H17FN2O4. The molecule has 0 unspecified atom stereocenters. The first-order valence-electron chi connectivity index (χ1n) is 8.32. The van der Waals surface area contributed by atoms with Gasteiger partial charge < -0.3 is 18.9 Å². The van der Waals surface area contributed by atoms with Gasteiger partial charge in [0, 0.05) is 11.9 Å². The van der Waals surface area contributed by atoms with Crippen molar-refractivity contribution >= 4 is 22.1 Å². The van der Waals surface area contributed by atoms with E-state index >= 15 is 0 Å². The van der Waals surface area contributed by atoms with Gasteiger partial charge in [-0.25, -0.2) is 9.18 Å². The Balaban J connectivity index is 1.27. The van der Waals surface area contributed by atoms with Gasteiger partial charge in [-0.3, -0.25) is 4.98 Å². The zero-order valence-electron chi connectivity index (χ0n) is 13.9. The number of rotatable bonds is 7. The molecule has 26 heavy (non-hydrogen) atoms. The number of oxazole rings is 1. The van der Waals surface area contributed by atoms with E-state index in [9.17, 15) is 9.18 Å². The fourth-order valence-corrected chi connectivity index (χ4v) is 2.89. The monoisotopic (exact) mass is 356 g/mol. The average molecular weight is 356 g/mol. The lowest BCUT2D eigenvalue weighted by atomic mass is 10.1. The molecule has 4 aromatic rings. The molecule has 2 N–H and O–H groups in total. The van der Waals surface area contributed by atoms with E-state index in [1.165, 1.54) is 12.1 Å². The van der Waals surface area contributed by atoms with Crippen LogP contribution in [0.5, 0.6) is 5.75 Å². The van der Waals surface area contributed by atoms with Crippen LogP contribution in [0.4, 0.5) is 4.39 Å². The third-order valence-electron chi connectivity index (χ3n) is 4.13. The predicted molar refractivity (Wildman–Crippen MR) is 95.1 cm³/mol. The van der Waals surface area contributed by atoms with E-state index in [0.717, 1.165) is 17.4 Å². The number of halogens is 1. The maximum Gasteiger partial charge on any atom is 0.417 e. The summed E-state index contributed by atoms with van der Waals surface area (Å²) in [6, 6.07) is 9.81. The van der Waals surface area contributed by atoms with Crippen LogP contribution in [0.3, 0.4) is 0 Å². The van der Waals surface area contributed by atoms with E-state index in [-0.39, 0.29) is 5.82 Å². The molecule has 134 valence electrons. The Morgan fingerprint density at radius 2 is 2.12 bits per heavy atom. The van der Waals surface area contributed by atoms with Gasteiger partial charge in [0.1, 0.15) is 18.0 Å². The minimum absolute atomic E-state index is 0.271. The zero-order chi connectivity index (χ0) is 17.9. The highest BCUT2D eigenvalue weighted by molar-refractivity contribution is 5.81. The van der Waals surface area contributed by atoms with Crippen molar-refractivity contribution in [1.29, 1.82) is 0 Å². The molecule has 0 saturated heterocycles. The van der Waals surface area contributed by atoms with E-state index in [4.69, 9.17) is 13.6 Å². The van der Waals surface area contributed by atoms with Crippen LogP contribution in [0.2, 0.25) is 0 Å². The molecule has 0 bridgehead atoms. The molecular weight excluding hydrogens is 339 g/mol. The first kappa shape index (κ1) is 16.4. The zero-order valence-corrected chi connectivity index (χ0v) is 13.9. The van der Waals surface area contributed by atoms with Crippen LogP contribution in [-0.4, -0.2) is 24.7 Å². The number of furan rings is 1. The van der Waals surface area contributed by atoms with Crippen LogP contribution in [0, 0.1) is 5.82 Å². The van der Waals surface area contributed by atoms with Gasteiger partial charge >= 0.3 is 5.76 Å². The standard InChI is InChI=1S/C19H17FN2O4/c20-13-4-5-16-14(10-13)12(11-25-16)6-7-21-8-9-24-17-3-1-2-15-18(17)26-19(23)22-15/h1-5,10-11,21H,6-9H2,(H,22,23). The first-order valence-corrected chi connectivity index (χ1v) is 8.32. The molecule has 0 aliphatic carbocycles. The van der Waals surface area contributed by atoms with Crippen molar-refractivity contribution in [2.24, 2.45) is 0 Å². The number of aromatic amines is 1. The van der Waals surface area contributed by atoms with E-state index in [1.54, 1.807) is 30.5 Å². The minimum Gasteiger partial charge on any atom is -0.488 e. The molecule has 0 radical (unpaired) electrons. The summed E-state index contributed by atoms with van der Waals surface area (Å²) in [7, 11) is 0. The molecule has 0 amide bonds. The topological polar surface area (TPSA) is 80.4 Å². The van der Waals surface area contributed by atoms with Gasteiger partial charge in [0.25, 0.3) is 0 Å². The molecule has 0 atom stereocenters. The Morgan fingerprint density at radius 1 is 1.19 bits per heavy atom. The Labute approximate surface area is 147 Å². The van der Waals surface area contributed by atoms with Gasteiger partial charge in [-0.2, -0.15) is 0 Å². The van der Waals surface area contributed by atoms with Crippen LogP contribution in [0.25, 0.3) is 22.1 Å². The Kier molecular flexibility index (Phi) is 4.45. The fraction of sp³-hybridized carbons (Fsp3) is 0.211. The highest BCUT2D eigenvalue weighted by Gasteiger charge is 2.08. The third-order valence-corrected chi connectivity index (χ3v) is 4.13. The Bertz CT molecular complexity index is 1100. The lowest BCUT2D eigenvalue weighted by Gasteiger charge is -2.07. The summed E-state index contributed by atoms with van der Waals surface area (Å²) in [6.07, 6.45) is 2.38. The second-order valence-corrected chi connectivity index (χ2v) is 5.90. The van der Waals surface area contributed by atoms with E-state index in [0.29, 0.717) is 42.1 Å². The summed E-state index contributed by atoms with van der Waals surface area (Å²) in [4.78, 5) is 13.9. The number of aromatic nitrogens is 1. The normalized spacial score (nSPS) is 11.4. The first-order chi connectivity index (χ1) is 12.7. The molecule has 0 aliphatic rings. The quantitative estimate of drug-likeness (QED) is 0.497. The maximum absolute atomic E-state index is 13.4. The van der Waals surface area contributed by atoms with E-state index < -0.39 is 5.76 Å². The molecule has 0 spiro atoms. The van der Waals surface area contributed by atoms with Crippen molar-refractivity contribution < 1.29 is 18.0 Å². The van der Waals surface area contributed by atoms with Crippen LogP contribution in [0.1, 0.15) is 5.56 Å². The number of ether oxygens (including phenoxy) is 1. The largest absolute Gasteiger partial charge is 0.488 e. The van der Waals surface area contributed by atoms with Gasteiger partial charge in [0.2, 0.25) is 0 Å². The molecule has 4 rings (SSSR count). The summed E-state index contributed by atoms with van der Waals surface area (Å²) < 4.78 is 29.5. The van der Waals surface area contributed by atoms with Crippen molar-refractivity contribution in [2.75, 3.05) is 19.7 Å². The van der Waals surface area contributed by atoms with Crippen molar-refractivity contribution in [1.82, 2.24) is 10.3 Å². The van der Waals surface area contributed by atoms with E-state index in [2.05, 4.69) is 10.3 Å². The van der Waals surface area contributed by atoms with Crippen molar-refractivity contribution in [3.8, 4) is 5.75 Å². The van der Waals surface area contributed by atoms with Gasteiger partial charge in [-0.05, 0) is 48.9 Å². The number of para-hydroxylation sites is 1. The average Bonchev–Trinajstić information content (AvgIpc) is 3.20. The fourth-order valence-electron chi connectivity index (χ4n) is 2.89. The number of benzene rings is 2. The molecule has 2 heterocycles. The summed E-state index contributed by atoms with van der Waals surface area (Å²) in [5.41, 5.74) is 2.68. The summed E-state index contributed by atoms with van der Waals surface area (Å²) in [5.74, 6) is -0.246. The smallest absolute Gasteiger partial charge is 0.417 e. The van der Waals surface area contributed by atoms with Gasteiger partial charge in [0.15, 0.2) is 11.3 Å². The number of nitrogens with one attached hydrogen (secondary N) is 2. The second-order valence-electron chi connectivity index (χ2n) is 5.90. The summed E-state index contributed by atoms with van der Waals surface area (Å²) in [6.45, 7) is 1.75. The number of hydrogen-bond donors (Lipinski definition) is 2. The number of H-pyrrole nitrogens is 1. The van der Waals surface area contributed by atoms with Crippen LogP contribution >= 0.6 is 0 Å². The molecule has 0 aliphatic heterocycles. The van der Waals surface area contributed by atoms with Crippen molar-refractivity contribution in [2.45, 2.75) is 6.42 Å². The summed E-state index contributed by atoms with van der Waals surface area (Å²) >= 11 is 0. The minimum atomic E-state index is -0.502. The SMILES string of the molecule is O=c1[nH]c2cccc(OCCNCCc3coc4ccc(F)cc34)c2o1. The number of fused-ring (bicyclic) bond motifs is 2. The summed E-state index contributed by atoms with van der Waals surface area (Å²) in [5, 5.41) is 4.07. The Morgan fingerprint density at radius 3 is 3.04 bits per heavy atom. The van der Waals surface area contributed by atoms with Crippen molar-refractivity contribution in [3.63, 3.8) is 0 Å². The number of hydrogen-bond acceptors (Lipinski definition) is 5. The van der Waals surface area contributed by atoms with Crippen molar-refractivity contribution in [3.05, 3.63) is 64.6 Å². The molecule has 0 saturated carbocycles. The highest BCUT2D eigenvalue weighted by atomic mass is 19.1. The molecule has 2 aromatic carbocycles. The highest BCUT2D eigenvalue weighted by Crippen LogP contribution is 2.23. The molecule has 7 heteroatoms. The van der Waals surface area contributed by atoms with Gasteiger partial charge in [-0.15, -0.1) is 0 Å². The van der Waals surface area contributed by atoms with Crippen LogP contribution < -0.4 is 15.8 Å². The van der Waals surface area contributed by atoms with Gasteiger partial charge in [-0.1, -0.05) is 6.07 Å². The van der Waals surface area contributed by atoms with E-state index in [1.807, 2.05) is 0 Å². The Hall–Kier alpha value is -3.06.